The molecule has 0 unspecified atom stereocenters. The van der Waals surface area contributed by atoms with Gasteiger partial charge in [0.1, 0.15) is 18.1 Å². The van der Waals surface area contributed by atoms with Gasteiger partial charge in [-0.1, -0.05) is 24.6 Å². The van der Waals surface area contributed by atoms with Crippen molar-refractivity contribution in [2.45, 2.75) is 45.3 Å². The van der Waals surface area contributed by atoms with E-state index in [-0.39, 0.29) is 34.2 Å². The smallest absolute Gasteiger partial charge is 0.350 e. The van der Waals surface area contributed by atoms with Crippen LogP contribution in [-0.4, -0.2) is 24.0 Å². The van der Waals surface area contributed by atoms with Crippen LogP contribution in [0.4, 0.5) is 4.39 Å². The molecule has 2 aromatic heterocycles. The van der Waals surface area contributed by atoms with Crippen molar-refractivity contribution in [3.63, 3.8) is 0 Å². The lowest BCUT2D eigenvalue weighted by Gasteiger charge is -2.18. The van der Waals surface area contributed by atoms with Gasteiger partial charge in [0.15, 0.2) is 5.82 Å². The van der Waals surface area contributed by atoms with Gasteiger partial charge >= 0.3 is 5.69 Å². The molecule has 0 atom stereocenters. The maximum absolute atomic E-state index is 14.7. The second kappa shape index (κ2) is 7.67. The Kier molecular flexibility index (Phi) is 5.02. The van der Waals surface area contributed by atoms with E-state index in [1.165, 1.54) is 25.9 Å². The first-order valence-electron chi connectivity index (χ1n) is 10.7. The van der Waals surface area contributed by atoms with Crippen molar-refractivity contribution in [2.24, 2.45) is 0 Å². The predicted octanol–water partition coefficient (Wildman–Crippen LogP) is 3.69. The fourth-order valence-corrected chi connectivity index (χ4v) is 4.58. The molecule has 0 saturated heterocycles. The van der Waals surface area contributed by atoms with Crippen LogP contribution in [0.3, 0.4) is 0 Å². The molecule has 1 aliphatic rings. The standard InChI is InChI=1S/C24H22ClFN4O3/c1-3-28-20(13-31)27-30(23(28)33)14-7-8-15-16(11-14)17(24(2)9-10-24)12-29(22(15)32)21-18(25)5-4-6-19(21)26/h4-8,11-12,31H,3,9-10,13H2,1-2H3. The first-order valence-corrected chi connectivity index (χ1v) is 11.1. The lowest BCUT2D eigenvalue weighted by molar-refractivity contribution is 0.264. The van der Waals surface area contributed by atoms with E-state index in [0.29, 0.717) is 23.0 Å². The van der Waals surface area contributed by atoms with Crippen LogP contribution in [0.15, 0.2) is 52.2 Å². The quantitative estimate of drug-likeness (QED) is 0.484. The van der Waals surface area contributed by atoms with Gasteiger partial charge in [-0.3, -0.25) is 13.9 Å². The second-order valence-electron chi connectivity index (χ2n) is 8.59. The van der Waals surface area contributed by atoms with Crippen molar-refractivity contribution in [3.05, 3.63) is 85.7 Å². The van der Waals surface area contributed by atoms with Gasteiger partial charge in [0, 0.05) is 18.1 Å². The molecule has 2 aromatic carbocycles. The molecule has 7 nitrogen and oxygen atoms in total. The highest BCUT2D eigenvalue weighted by molar-refractivity contribution is 6.32. The summed E-state index contributed by atoms with van der Waals surface area (Å²) in [4.78, 5) is 26.2. The first-order chi connectivity index (χ1) is 15.8. The van der Waals surface area contributed by atoms with E-state index in [0.717, 1.165) is 18.4 Å². The molecular formula is C24H22ClFN4O3. The topological polar surface area (TPSA) is 82.0 Å². The molecular weight excluding hydrogens is 447 g/mol. The number of hydrogen-bond acceptors (Lipinski definition) is 4. The second-order valence-corrected chi connectivity index (χ2v) is 9.00. The van der Waals surface area contributed by atoms with Gasteiger partial charge in [0.2, 0.25) is 0 Å². The van der Waals surface area contributed by atoms with Crippen LogP contribution in [-0.2, 0) is 18.6 Å². The van der Waals surface area contributed by atoms with Gasteiger partial charge in [0.25, 0.3) is 5.56 Å². The summed E-state index contributed by atoms with van der Waals surface area (Å²) in [5.41, 5.74) is 0.440. The molecule has 4 aromatic rings. The highest BCUT2D eigenvalue weighted by atomic mass is 35.5. The lowest BCUT2D eigenvalue weighted by atomic mass is 9.94. The van der Waals surface area contributed by atoms with Gasteiger partial charge in [-0.25, -0.2) is 9.18 Å². The summed E-state index contributed by atoms with van der Waals surface area (Å²) >= 11 is 6.27. The van der Waals surface area contributed by atoms with Gasteiger partial charge in [0.05, 0.1) is 10.7 Å². The third-order valence-corrected chi connectivity index (χ3v) is 6.78. The molecule has 0 bridgehead atoms. The van der Waals surface area contributed by atoms with Gasteiger partial charge in [-0.2, -0.15) is 4.68 Å². The molecule has 9 heteroatoms. The molecule has 2 heterocycles. The van der Waals surface area contributed by atoms with Gasteiger partial charge < -0.3 is 5.11 Å². The number of fused-ring (bicyclic) bond motifs is 1. The summed E-state index contributed by atoms with van der Waals surface area (Å²) in [6.45, 7) is 3.91. The Morgan fingerprint density at radius 2 is 1.94 bits per heavy atom. The summed E-state index contributed by atoms with van der Waals surface area (Å²) in [5, 5.41) is 15.1. The number of aliphatic hydroxyl groups excluding tert-OH is 1. The molecule has 1 aliphatic carbocycles. The van der Waals surface area contributed by atoms with Crippen LogP contribution >= 0.6 is 11.6 Å². The van der Waals surface area contributed by atoms with Crippen LogP contribution in [0.2, 0.25) is 5.02 Å². The monoisotopic (exact) mass is 468 g/mol. The minimum atomic E-state index is -0.583. The fraction of sp³-hybridized carbons (Fsp3) is 0.292. The molecule has 0 amide bonds. The Hall–Kier alpha value is -3.23. The van der Waals surface area contributed by atoms with Crippen molar-refractivity contribution in [1.29, 1.82) is 0 Å². The van der Waals surface area contributed by atoms with Gasteiger partial charge in [-0.15, -0.1) is 5.10 Å². The first kappa shape index (κ1) is 21.6. The largest absolute Gasteiger partial charge is 0.388 e. The zero-order chi connectivity index (χ0) is 23.5. The normalized spacial score (nSPS) is 14.7. The summed E-state index contributed by atoms with van der Waals surface area (Å²) in [6.07, 6.45) is 3.52. The van der Waals surface area contributed by atoms with Crippen LogP contribution in [0.1, 0.15) is 38.1 Å². The van der Waals surface area contributed by atoms with E-state index in [1.807, 2.05) is 0 Å². The van der Waals surface area contributed by atoms with E-state index in [9.17, 15) is 19.1 Å². The van der Waals surface area contributed by atoms with Crippen molar-refractivity contribution in [2.75, 3.05) is 0 Å². The zero-order valence-electron chi connectivity index (χ0n) is 18.2. The van der Waals surface area contributed by atoms with E-state index in [2.05, 4.69) is 12.0 Å². The summed E-state index contributed by atoms with van der Waals surface area (Å²) < 4.78 is 18.6. The minimum Gasteiger partial charge on any atom is -0.388 e. The minimum absolute atomic E-state index is 0.0196. The van der Waals surface area contributed by atoms with E-state index in [4.69, 9.17) is 11.6 Å². The van der Waals surface area contributed by atoms with Crippen molar-refractivity contribution in [3.8, 4) is 11.4 Å². The van der Waals surface area contributed by atoms with Crippen molar-refractivity contribution < 1.29 is 9.50 Å². The number of aliphatic hydroxyl groups is 1. The number of nitrogens with zero attached hydrogens (tertiary/aromatic N) is 4. The average Bonchev–Trinajstić information content (AvgIpc) is 3.46. The number of aromatic nitrogens is 4. The third kappa shape index (κ3) is 3.32. The summed E-state index contributed by atoms with van der Waals surface area (Å²) in [7, 11) is 0. The number of rotatable bonds is 5. The van der Waals surface area contributed by atoms with E-state index < -0.39 is 11.4 Å². The van der Waals surface area contributed by atoms with Crippen LogP contribution in [0.25, 0.3) is 22.1 Å². The molecule has 1 fully saturated rings. The molecule has 1 saturated carbocycles. The number of hydrogen-bond donors (Lipinski definition) is 1. The Balaban J connectivity index is 1.80. The number of halogens is 2. The number of benzene rings is 2. The molecule has 5 rings (SSSR count). The molecule has 170 valence electrons. The third-order valence-electron chi connectivity index (χ3n) is 6.47. The fourth-order valence-electron chi connectivity index (χ4n) is 4.32. The summed E-state index contributed by atoms with van der Waals surface area (Å²) in [6, 6.07) is 9.34. The maximum Gasteiger partial charge on any atom is 0.350 e. The Morgan fingerprint density at radius 3 is 2.55 bits per heavy atom. The lowest BCUT2D eigenvalue weighted by Crippen LogP contribution is -2.25. The molecule has 0 spiro atoms. The summed E-state index contributed by atoms with van der Waals surface area (Å²) in [5.74, 6) is -0.317. The Labute approximate surface area is 193 Å². The van der Waals surface area contributed by atoms with E-state index in [1.54, 1.807) is 37.4 Å². The average molecular weight is 469 g/mol. The van der Waals surface area contributed by atoms with Crippen molar-refractivity contribution in [1.82, 2.24) is 18.9 Å². The van der Waals surface area contributed by atoms with E-state index >= 15 is 0 Å². The predicted molar refractivity (Wildman–Crippen MR) is 124 cm³/mol. The van der Waals surface area contributed by atoms with Crippen LogP contribution < -0.4 is 11.2 Å². The van der Waals surface area contributed by atoms with Crippen LogP contribution in [0.5, 0.6) is 0 Å². The molecule has 0 aliphatic heterocycles. The highest BCUT2D eigenvalue weighted by Gasteiger charge is 2.41. The van der Waals surface area contributed by atoms with Crippen molar-refractivity contribution >= 4 is 22.4 Å². The van der Waals surface area contributed by atoms with Gasteiger partial charge in [-0.05, 0) is 66.5 Å². The number of pyridine rings is 1. The molecule has 33 heavy (non-hydrogen) atoms. The van der Waals surface area contributed by atoms with Crippen LogP contribution in [0, 0.1) is 5.82 Å². The maximum atomic E-state index is 14.7. The molecule has 1 N–H and O–H groups in total. The SMILES string of the molecule is CCn1c(CO)nn(-c2ccc3c(=O)n(-c4c(F)cccc4Cl)cc(C4(C)CC4)c3c2)c1=O. The zero-order valence-corrected chi connectivity index (χ0v) is 18.9. The molecule has 0 radical (unpaired) electrons. The Morgan fingerprint density at radius 1 is 1.18 bits per heavy atom. The highest BCUT2D eigenvalue weighted by Crippen LogP contribution is 2.49. The number of para-hydroxylation sites is 1. The Bertz CT molecular complexity index is 1510.